The number of rotatable bonds is 3. The van der Waals surface area contributed by atoms with Crippen LogP contribution in [0.3, 0.4) is 0 Å². The number of benzene rings is 1. The van der Waals surface area contributed by atoms with E-state index in [4.69, 9.17) is 0 Å². The second kappa shape index (κ2) is 3.64. The fourth-order valence-corrected chi connectivity index (χ4v) is 1.23. The molecule has 1 aromatic rings. The normalized spacial score (nSPS) is 12.9. The van der Waals surface area contributed by atoms with Crippen LogP contribution in [0.15, 0.2) is 30.3 Å². The summed E-state index contributed by atoms with van der Waals surface area (Å²) in [6.45, 7) is 1.07. The highest BCUT2D eigenvalue weighted by Crippen LogP contribution is 2.39. The van der Waals surface area contributed by atoms with E-state index in [-0.39, 0.29) is 0 Å². The molecule has 1 rings (SSSR count). The monoisotopic (exact) mass is 202 g/mol. The summed E-state index contributed by atoms with van der Waals surface area (Å²) in [4.78, 5) is 0. The van der Waals surface area contributed by atoms with Crippen molar-refractivity contribution in [2.75, 3.05) is 6.67 Å². The Hall–Kier alpha value is -0.990. The molecule has 0 heterocycles. The van der Waals surface area contributed by atoms with Crippen LogP contribution in [0.2, 0.25) is 0 Å². The molecule has 0 atom stereocenters. The van der Waals surface area contributed by atoms with Crippen molar-refractivity contribution in [3.8, 4) is 0 Å². The van der Waals surface area contributed by atoms with Gasteiger partial charge in [0.25, 0.3) is 5.92 Å². The van der Waals surface area contributed by atoms with Crippen LogP contribution in [0.4, 0.5) is 13.2 Å². The molecule has 0 amide bonds. The molecule has 0 bridgehead atoms. The van der Waals surface area contributed by atoms with Crippen LogP contribution >= 0.6 is 0 Å². The Kier molecular flexibility index (Phi) is 2.88. The lowest BCUT2D eigenvalue weighted by Gasteiger charge is -2.32. The summed E-state index contributed by atoms with van der Waals surface area (Å²) in [5.74, 6) is -3.33. The maximum absolute atomic E-state index is 13.2. The van der Waals surface area contributed by atoms with Crippen molar-refractivity contribution in [3.05, 3.63) is 35.9 Å². The molecule has 14 heavy (non-hydrogen) atoms. The Balaban J connectivity index is 3.08. The highest BCUT2D eigenvalue weighted by molar-refractivity contribution is 5.26. The van der Waals surface area contributed by atoms with Crippen molar-refractivity contribution < 1.29 is 13.2 Å². The Morgan fingerprint density at radius 2 is 1.57 bits per heavy atom. The fraction of sp³-hybridized carbons (Fsp3) is 0.455. The molecule has 0 unspecified atom stereocenters. The minimum absolute atomic E-state index is 0.447. The van der Waals surface area contributed by atoms with Gasteiger partial charge in [-0.1, -0.05) is 30.3 Å². The zero-order valence-electron chi connectivity index (χ0n) is 8.23. The molecule has 0 aromatic heterocycles. The van der Waals surface area contributed by atoms with Crippen LogP contribution in [0.1, 0.15) is 19.4 Å². The molecule has 0 aliphatic rings. The highest BCUT2D eigenvalue weighted by atomic mass is 19.3. The van der Waals surface area contributed by atoms with E-state index in [0.29, 0.717) is 5.56 Å². The summed E-state index contributed by atoms with van der Waals surface area (Å²) >= 11 is 0. The van der Waals surface area contributed by atoms with E-state index in [0.717, 1.165) is 0 Å². The maximum atomic E-state index is 13.2. The lowest BCUT2D eigenvalue weighted by Crippen LogP contribution is -2.42. The van der Waals surface area contributed by atoms with Crippen molar-refractivity contribution in [1.29, 1.82) is 0 Å². The number of halogens is 3. The van der Waals surface area contributed by atoms with E-state index in [9.17, 15) is 13.2 Å². The maximum Gasteiger partial charge on any atom is 0.284 e. The van der Waals surface area contributed by atoms with Gasteiger partial charge in [-0.05, 0) is 19.4 Å². The molecule has 0 saturated heterocycles. The molecule has 0 saturated carbocycles. The summed E-state index contributed by atoms with van der Waals surface area (Å²) in [6, 6.07) is 8.26. The van der Waals surface area contributed by atoms with E-state index in [1.54, 1.807) is 30.3 Å². The number of alkyl halides is 3. The summed E-state index contributed by atoms with van der Waals surface area (Å²) in [7, 11) is 0. The van der Waals surface area contributed by atoms with Gasteiger partial charge in [0.1, 0.15) is 0 Å². The number of hydrogen-bond acceptors (Lipinski definition) is 0. The molecule has 0 fully saturated rings. The summed E-state index contributed by atoms with van der Waals surface area (Å²) in [5.41, 5.74) is -1.02. The zero-order chi connectivity index (χ0) is 10.8. The molecule has 78 valence electrons. The minimum atomic E-state index is -3.33. The van der Waals surface area contributed by atoms with Crippen molar-refractivity contribution in [2.45, 2.75) is 25.2 Å². The summed E-state index contributed by atoms with van der Waals surface area (Å²) in [5, 5.41) is 0. The summed E-state index contributed by atoms with van der Waals surface area (Å²) in [6.07, 6.45) is 0. The number of hydrogen-bond donors (Lipinski definition) is 0. The molecule has 0 nitrogen and oxygen atoms in total. The Bertz CT molecular complexity index is 291. The van der Waals surface area contributed by atoms with E-state index in [1.165, 1.54) is 13.8 Å². The van der Waals surface area contributed by atoms with Crippen LogP contribution < -0.4 is 0 Å². The second-order valence-electron chi connectivity index (χ2n) is 3.83. The van der Waals surface area contributed by atoms with Crippen molar-refractivity contribution >= 4 is 0 Å². The lowest BCUT2D eigenvalue weighted by atomic mass is 9.79. The van der Waals surface area contributed by atoms with Crippen molar-refractivity contribution in [2.24, 2.45) is 0 Å². The molecule has 0 aliphatic heterocycles. The fourth-order valence-electron chi connectivity index (χ4n) is 1.23. The second-order valence-corrected chi connectivity index (χ2v) is 3.83. The Labute approximate surface area is 81.8 Å². The van der Waals surface area contributed by atoms with Crippen molar-refractivity contribution in [1.82, 2.24) is 0 Å². The third-order valence-electron chi connectivity index (χ3n) is 2.58. The lowest BCUT2D eigenvalue weighted by molar-refractivity contribution is -0.0826. The van der Waals surface area contributed by atoms with Gasteiger partial charge in [0.2, 0.25) is 0 Å². The van der Waals surface area contributed by atoms with Gasteiger partial charge in [-0.2, -0.15) is 0 Å². The Morgan fingerprint density at radius 1 is 1.07 bits per heavy atom. The molecular formula is C11H13F3. The first-order valence-electron chi connectivity index (χ1n) is 4.41. The predicted octanol–water partition coefficient (Wildman–Crippen LogP) is 3.57. The van der Waals surface area contributed by atoms with E-state index < -0.39 is 18.0 Å². The van der Waals surface area contributed by atoms with E-state index >= 15 is 0 Å². The van der Waals surface area contributed by atoms with Gasteiger partial charge in [0, 0.05) is 0 Å². The molecule has 0 spiro atoms. The van der Waals surface area contributed by atoms with Crippen molar-refractivity contribution in [3.63, 3.8) is 0 Å². The minimum Gasteiger partial charge on any atom is -0.244 e. The van der Waals surface area contributed by atoms with Crippen LogP contribution in [0, 0.1) is 0 Å². The molecule has 0 N–H and O–H groups in total. The summed E-state index contributed by atoms with van der Waals surface area (Å²) < 4.78 is 38.7. The largest absolute Gasteiger partial charge is 0.284 e. The van der Waals surface area contributed by atoms with Gasteiger partial charge in [-0.15, -0.1) is 0 Å². The Morgan fingerprint density at radius 3 is 2.00 bits per heavy atom. The molecule has 3 heteroatoms. The average Bonchev–Trinajstić information content (AvgIpc) is 2.19. The van der Waals surface area contributed by atoms with E-state index in [2.05, 4.69) is 0 Å². The molecule has 0 radical (unpaired) electrons. The smallest absolute Gasteiger partial charge is 0.244 e. The third kappa shape index (κ3) is 1.76. The van der Waals surface area contributed by atoms with Crippen LogP contribution in [-0.2, 0) is 5.41 Å². The van der Waals surface area contributed by atoms with Crippen LogP contribution in [0.25, 0.3) is 0 Å². The molecule has 0 aliphatic carbocycles. The van der Waals surface area contributed by atoms with Gasteiger partial charge < -0.3 is 0 Å². The van der Waals surface area contributed by atoms with Crippen LogP contribution in [0.5, 0.6) is 0 Å². The molecule has 1 aromatic carbocycles. The highest BCUT2D eigenvalue weighted by Gasteiger charge is 2.47. The van der Waals surface area contributed by atoms with Crippen LogP contribution in [-0.4, -0.2) is 12.6 Å². The van der Waals surface area contributed by atoms with Gasteiger partial charge in [-0.25, -0.2) is 13.2 Å². The van der Waals surface area contributed by atoms with Gasteiger partial charge in [0.15, 0.2) is 6.67 Å². The first-order valence-corrected chi connectivity index (χ1v) is 4.41. The molecular weight excluding hydrogens is 189 g/mol. The quantitative estimate of drug-likeness (QED) is 0.702. The predicted molar refractivity (Wildman–Crippen MR) is 50.4 cm³/mol. The first-order chi connectivity index (χ1) is 6.42. The van der Waals surface area contributed by atoms with E-state index in [1.807, 2.05) is 0 Å². The SMILES string of the molecule is CC(C)(c1ccccc1)C(F)(F)CF. The third-order valence-corrected chi connectivity index (χ3v) is 2.58. The first kappa shape index (κ1) is 11.1. The standard InChI is InChI=1S/C11H13F3/c1-10(2,11(13,14)8-12)9-6-4-3-5-7-9/h3-7H,8H2,1-2H3. The van der Waals surface area contributed by atoms with Gasteiger partial charge >= 0.3 is 0 Å². The van der Waals surface area contributed by atoms with Gasteiger partial charge in [0.05, 0.1) is 5.41 Å². The van der Waals surface area contributed by atoms with Gasteiger partial charge in [-0.3, -0.25) is 0 Å². The average molecular weight is 202 g/mol. The zero-order valence-corrected chi connectivity index (χ0v) is 8.23. The topological polar surface area (TPSA) is 0 Å².